The summed E-state index contributed by atoms with van der Waals surface area (Å²) < 4.78 is 50.8. The fraction of sp³-hybridized carbons (Fsp3) is 0. The first-order chi connectivity index (χ1) is 11.8. The predicted molar refractivity (Wildman–Crippen MR) is 89.8 cm³/mol. The summed E-state index contributed by atoms with van der Waals surface area (Å²) in [4.78, 5) is 3.89. The van der Waals surface area contributed by atoms with Crippen LogP contribution in [-0.4, -0.2) is 13.3 Å². The molecule has 0 unspecified atom stereocenters. The van der Waals surface area contributed by atoms with Crippen molar-refractivity contribution in [3.8, 4) is 0 Å². The van der Waals surface area contributed by atoms with Gasteiger partial charge in [-0.2, -0.15) is 5.11 Å². The maximum absolute atomic E-state index is 9.03. The molecule has 16 heteroatoms. The summed E-state index contributed by atoms with van der Waals surface area (Å²) in [6.07, 6.45) is 0. The Bertz CT molecular complexity index is 896. The molecule has 0 aliphatic heterocycles. The van der Waals surface area contributed by atoms with Crippen molar-refractivity contribution >= 4 is 55.5 Å². The fourth-order valence-corrected chi connectivity index (χ4v) is 1.17. The summed E-state index contributed by atoms with van der Waals surface area (Å²) in [7, 11) is 8.26. The van der Waals surface area contributed by atoms with Crippen LogP contribution in [0.3, 0.4) is 0 Å². The van der Waals surface area contributed by atoms with Gasteiger partial charge in [-0.1, -0.05) is 18.2 Å². The molecule has 0 fully saturated rings. The number of nitrogens with two attached hydrogens (primary N) is 2. The van der Waals surface area contributed by atoms with Gasteiger partial charge in [-0.25, -0.2) is 4.98 Å². The molecule has 0 saturated heterocycles. The Hall–Kier alpha value is -1.38. The summed E-state index contributed by atoms with van der Waals surface area (Å²) in [5.41, 5.74) is 12.4. The van der Waals surface area contributed by atoms with Gasteiger partial charge in [-0.3, -0.25) is 0 Å². The molecule has 6 N–H and O–H groups in total. The molecule has 11 nitrogen and oxygen atoms in total. The van der Waals surface area contributed by atoms with Crippen molar-refractivity contribution in [2.45, 2.75) is 0 Å². The fourth-order valence-electron chi connectivity index (χ4n) is 1.17. The number of hydrogen-bond acceptors (Lipinski definition) is 9. The SMILES string of the molecule is Cl.Nc1ccc(/N=N/c2ccccc2)c(N)n1.[O]=[Cr](=[O])([OH])[Cl].[O]=[Cr](=[O])([OH])[Cl]. The molecular formula is C11H14Cl3Cr2N5O6. The van der Waals surface area contributed by atoms with E-state index in [-0.39, 0.29) is 18.2 Å². The quantitative estimate of drug-likeness (QED) is 0.428. The second-order valence-corrected chi connectivity index (χ2v) is 9.79. The molecule has 0 atom stereocenters. The van der Waals surface area contributed by atoms with Gasteiger partial charge >= 0.3 is 68.3 Å². The van der Waals surface area contributed by atoms with Crippen LogP contribution in [0.2, 0.25) is 0 Å². The van der Waals surface area contributed by atoms with Crippen LogP contribution >= 0.6 is 32.5 Å². The van der Waals surface area contributed by atoms with E-state index in [1.165, 1.54) is 0 Å². The molecule has 0 saturated carbocycles. The van der Waals surface area contributed by atoms with Gasteiger partial charge in [0.05, 0.1) is 5.69 Å². The molecule has 0 amide bonds. The van der Waals surface area contributed by atoms with E-state index < -0.39 is 24.7 Å². The van der Waals surface area contributed by atoms with E-state index in [9.17, 15) is 0 Å². The van der Waals surface area contributed by atoms with Crippen molar-refractivity contribution in [2.75, 3.05) is 11.5 Å². The second-order valence-electron chi connectivity index (χ2n) is 4.00. The zero-order chi connectivity index (χ0) is 20.4. The van der Waals surface area contributed by atoms with Gasteiger partial charge in [-0.15, -0.1) is 17.5 Å². The summed E-state index contributed by atoms with van der Waals surface area (Å²) in [6, 6.07) is 12.7. The molecule has 0 spiro atoms. The molecule has 2 rings (SSSR count). The Morgan fingerprint density at radius 2 is 1.30 bits per heavy atom. The molecule has 0 aliphatic rings. The molecule has 1 aromatic heterocycles. The van der Waals surface area contributed by atoms with Crippen LogP contribution in [0.15, 0.2) is 52.7 Å². The van der Waals surface area contributed by atoms with Crippen molar-refractivity contribution in [3.05, 3.63) is 42.5 Å². The number of hydrogen-bond donors (Lipinski definition) is 4. The summed E-state index contributed by atoms with van der Waals surface area (Å²) in [5.74, 6) is 0.649. The number of azo groups is 1. The van der Waals surface area contributed by atoms with E-state index in [0.29, 0.717) is 11.5 Å². The molecule has 1 aromatic carbocycles. The molecule has 2 aromatic rings. The van der Waals surface area contributed by atoms with Crippen LogP contribution in [0.25, 0.3) is 0 Å². The number of pyridine rings is 1. The van der Waals surface area contributed by atoms with Gasteiger partial charge in [-0.05, 0) is 24.3 Å². The molecule has 1 heterocycles. The van der Waals surface area contributed by atoms with Crippen LogP contribution < -0.4 is 11.5 Å². The third kappa shape index (κ3) is 20.8. The minimum atomic E-state index is -4.78. The van der Waals surface area contributed by atoms with Crippen molar-refractivity contribution < 1.29 is 48.2 Å². The zero-order valence-corrected chi connectivity index (χ0v) is 17.9. The van der Waals surface area contributed by atoms with Gasteiger partial charge < -0.3 is 11.5 Å². The molecule has 27 heavy (non-hydrogen) atoms. The van der Waals surface area contributed by atoms with E-state index in [1.54, 1.807) is 12.1 Å². The summed E-state index contributed by atoms with van der Waals surface area (Å²) in [6.45, 7) is 0. The van der Waals surface area contributed by atoms with Crippen LogP contribution in [0.5, 0.6) is 0 Å². The molecular weight excluding hydrogens is 509 g/mol. The molecule has 0 radical (unpaired) electrons. The first-order valence-corrected chi connectivity index (χ1v) is 12.8. The second kappa shape index (κ2) is 12.9. The molecule has 152 valence electrons. The van der Waals surface area contributed by atoms with E-state index in [0.717, 1.165) is 5.69 Å². The Morgan fingerprint density at radius 3 is 1.70 bits per heavy atom. The average molecular weight is 523 g/mol. The van der Waals surface area contributed by atoms with Gasteiger partial charge in [0.15, 0.2) is 5.82 Å². The van der Waals surface area contributed by atoms with Gasteiger partial charge in [0.1, 0.15) is 11.5 Å². The van der Waals surface area contributed by atoms with Crippen LogP contribution in [0.1, 0.15) is 0 Å². The third-order valence-electron chi connectivity index (χ3n) is 1.95. The normalized spacial score (nSPS) is 10.7. The zero-order valence-electron chi connectivity index (χ0n) is 13.0. The number of halogens is 3. The van der Waals surface area contributed by atoms with E-state index in [2.05, 4.69) is 35.3 Å². The molecule has 0 aliphatic carbocycles. The van der Waals surface area contributed by atoms with E-state index in [4.69, 9.17) is 35.0 Å². The summed E-state index contributed by atoms with van der Waals surface area (Å²) >= 11 is -9.56. The average Bonchev–Trinajstić information content (AvgIpc) is 2.44. The number of nitrogens with zero attached hydrogens (tertiary/aromatic N) is 3. The number of aromatic nitrogens is 1. The molecule has 0 bridgehead atoms. The van der Waals surface area contributed by atoms with Crippen LogP contribution in [0.4, 0.5) is 23.0 Å². The topological polar surface area (TPSA) is 198 Å². The standard InChI is InChI=1S/C11H11N5.3ClH.2Cr.2H2O.4O/c12-10-7-6-9(11(13)14-10)16-15-8-4-2-1-3-5-8;;;;;;;;;;;/h1-7H,(H4,12,13,14);3*1H;;;2*1H2;;;;/q;;;;2*+2;;;;;;/p-4/b16-15+;;;;;;;;;;;. The van der Waals surface area contributed by atoms with E-state index in [1.807, 2.05) is 30.3 Å². The monoisotopic (exact) mass is 521 g/mol. The number of benzene rings is 1. The predicted octanol–water partition coefficient (Wildman–Crippen LogP) is 2.87. The van der Waals surface area contributed by atoms with Crippen LogP contribution in [-0.2, 0) is 39.9 Å². The Balaban J connectivity index is 0. The van der Waals surface area contributed by atoms with Crippen molar-refractivity contribution in [1.29, 1.82) is 0 Å². The number of rotatable bonds is 2. The van der Waals surface area contributed by atoms with Crippen molar-refractivity contribution in [3.63, 3.8) is 0 Å². The van der Waals surface area contributed by atoms with Crippen molar-refractivity contribution in [2.24, 2.45) is 10.2 Å². The summed E-state index contributed by atoms with van der Waals surface area (Å²) in [5, 5.41) is 8.03. The van der Waals surface area contributed by atoms with Crippen molar-refractivity contribution in [1.82, 2.24) is 4.98 Å². The minimum absolute atomic E-state index is 0. The van der Waals surface area contributed by atoms with E-state index >= 15 is 0 Å². The first-order valence-electron chi connectivity index (χ1n) is 6.08. The first kappa shape index (κ1) is 27.8. The number of anilines is 2. The Morgan fingerprint density at radius 1 is 0.852 bits per heavy atom. The Labute approximate surface area is 172 Å². The van der Waals surface area contributed by atoms with Gasteiger partial charge in [0.2, 0.25) is 0 Å². The Kier molecular flexibility index (Phi) is 13.3. The third-order valence-corrected chi connectivity index (χ3v) is 1.95. The van der Waals surface area contributed by atoms with Crippen LogP contribution in [0, 0.1) is 0 Å². The van der Waals surface area contributed by atoms with Gasteiger partial charge in [0, 0.05) is 0 Å². The number of nitrogen functional groups attached to an aromatic ring is 2. The van der Waals surface area contributed by atoms with Gasteiger partial charge in [0.25, 0.3) is 0 Å². The maximum atomic E-state index is 9.03.